The van der Waals surface area contributed by atoms with E-state index in [0.29, 0.717) is 32.0 Å². The van der Waals surface area contributed by atoms with Gasteiger partial charge in [0.15, 0.2) is 0 Å². The van der Waals surface area contributed by atoms with Crippen LogP contribution in [-0.2, 0) is 27.5 Å². The molecule has 6 nitrogen and oxygen atoms in total. The third-order valence-electron chi connectivity index (χ3n) is 6.31. The Bertz CT molecular complexity index is 1120. The van der Waals surface area contributed by atoms with Gasteiger partial charge in [0.05, 0.1) is 21.5 Å². The molecule has 1 aromatic carbocycles. The molecule has 0 spiro atoms. The summed E-state index contributed by atoms with van der Waals surface area (Å²) in [6, 6.07) is 6.46. The topological polar surface area (TPSA) is 62.6 Å². The summed E-state index contributed by atoms with van der Waals surface area (Å²) < 4.78 is 68.6. The van der Waals surface area contributed by atoms with Crippen LogP contribution in [0.2, 0.25) is 5.02 Å². The number of fused-ring (bicyclic) bond motifs is 1. The number of hydrogen-bond donors (Lipinski definition) is 0. The molecule has 2 aliphatic heterocycles. The fourth-order valence-electron chi connectivity index (χ4n) is 4.49. The van der Waals surface area contributed by atoms with Gasteiger partial charge in [-0.05, 0) is 50.1 Å². The summed E-state index contributed by atoms with van der Waals surface area (Å²) in [5.41, 5.74) is -0.123. The Kier molecular flexibility index (Phi) is 6.06. The van der Waals surface area contributed by atoms with E-state index in [1.807, 2.05) is 30.2 Å². The number of sulfonamides is 1. The van der Waals surface area contributed by atoms with Crippen LogP contribution >= 0.6 is 11.6 Å². The van der Waals surface area contributed by atoms with E-state index >= 15 is 0 Å². The van der Waals surface area contributed by atoms with Crippen LogP contribution in [0.25, 0.3) is 0 Å². The lowest BCUT2D eigenvalue weighted by Crippen LogP contribution is -2.47. The summed E-state index contributed by atoms with van der Waals surface area (Å²) in [4.78, 5) is 14.5. The van der Waals surface area contributed by atoms with Gasteiger partial charge in [0.25, 0.3) is 0 Å². The van der Waals surface area contributed by atoms with E-state index in [1.54, 1.807) is 0 Å². The van der Waals surface area contributed by atoms with Gasteiger partial charge in [0.1, 0.15) is 0 Å². The molecule has 4 rings (SSSR count). The van der Waals surface area contributed by atoms with Gasteiger partial charge in [-0.3, -0.25) is 4.79 Å². The highest BCUT2D eigenvalue weighted by Gasteiger charge is 2.38. The van der Waals surface area contributed by atoms with Gasteiger partial charge in [0, 0.05) is 44.0 Å². The highest BCUT2D eigenvalue weighted by atomic mass is 35.5. The molecule has 32 heavy (non-hydrogen) atoms. The third-order valence-corrected chi connectivity index (χ3v) is 8.53. The highest BCUT2D eigenvalue weighted by molar-refractivity contribution is 7.89. The summed E-state index contributed by atoms with van der Waals surface area (Å²) in [6.07, 6.45) is -2.13. The summed E-state index contributed by atoms with van der Waals surface area (Å²) in [5, 5.41) is -0.553. The molecule has 1 atom stereocenters. The molecule has 1 amide bonds. The maximum atomic E-state index is 13.1. The molecule has 2 aromatic rings. The lowest BCUT2D eigenvalue weighted by Gasteiger charge is -2.39. The zero-order valence-corrected chi connectivity index (χ0v) is 18.9. The third kappa shape index (κ3) is 4.15. The molecule has 0 N–H and O–H groups in total. The molecule has 1 saturated heterocycles. The minimum absolute atomic E-state index is 0.00662. The smallest absolute Gasteiger partial charge is 0.348 e. The molecule has 2 aliphatic rings. The summed E-state index contributed by atoms with van der Waals surface area (Å²) >= 11 is 5.61. The maximum Gasteiger partial charge on any atom is 0.417 e. The Labute approximate surface area is 189 Å². The van der Waals surface area contributed by atoms with Gasteiger partial charge in [0.2, 0.25) is 15.9 Å². The predicted octanol–water partition coefficient (Wildman–Crippen LogP) is 4.16. The molecule has 11 heteroatoms. The second kappa shape index (κ2) is 8.39. The highest BCUT2D eigenvalue weighted by Crippen LogP contribution is 2.37. The van der Waals surface area contributed by atoms with Crippen molar-refractivity contribution in [3.05, 3.63) is 52.8 Å². The second-order valence-corrected chi connectivity index (χ2v) is 10.5. The first-order valence-electron chi connectivity index (χ1n) is 10.3. The normalized spacial score (nSPS) is 20.9. The molecule has 174 valence electrons. The summed E-state index contributed by atoms with van der Waals surface area (Å²) in [5.74, 6) is -0.325. The molecule has 0 radical (unpaired) electrons. The number of alkyl halides is 3. The number of aromatic nitrogens is 1. The summed E-state index contributed by atoms with van der Waals surface area (Å²) in [7, 11) is -4.13. The van der Waals surface area contributed by atoms with Crippen molar-refractivity contribution < 1.29 is 26.4 Å². The standard InChI is InChI=1S/C21H23ClF3N3O3S/c1-14-19-3-2-8-26(19)11-12-28(14)20(29)15-6-9-27(10-7-15)32(30,31)16-4-5-18(22)17(13-16)21(23,24)25/h2-5,8,13-15H,6-7,9-12H2,1H3/t14-/m0/s1. The van der Waals surface area contributed by atoms with E-state index in [2.05, 4.69) is 4.57 Å². The quantitative estimate of drug-likeness (QED) is 0.650. The lowest BCUT2D eigenvalue weighted by atomic mass is 9.95. The first kappa shape index (κ1) is 23.1. The number of rotatable bonds is 3. The van der Waals surface area contributed by atoms with E-state index in [-0.39, 0.29) is 31.0 Å². The van der Waals surface area contributed by atoms with E-state index < -0.39 is 31.7 Å². The number of carbonyl (C=O) groups excluding carboxylic acids is 1. The monoisotopic (exact) mass is 489 g/mol. The van der Waals surface area contributed by atoms with Gasteiger partial charge in [-0.15, -0.1) is 0 Å². The molecule has 0 unspecified atom stereocenters. The Balaban J connectivity index is 1.45. The molecular formula is C21H23ClF3N3O3S. The van der Waals surface area contributed by atoms with Crippen LogP contribution in [0.3, 0.4) is 0 Å². The van der Waals surface area contributed by atoms with Crippen molar-refractivity contribution in [2.24, 2.45) is 5.92 Å². The minimum Gasteiger partial charge on any atom is -0.348 e. The molecule has 0 aliphatic carbocycles. The number of benzene rings is 1. The average molecular weight is 490 g/mol. The fourth-order valence-corrected chi connectivity index (χ4v) is 6.21. The number of halogens is 4. The number of carbonyl (C=O) groups is 1. The van der Waals surface area contributed by atoms with E-state index in [0.717, 1.165) is 22.1 Å². The molecule has 1 fully saturated rings. The maximum absolute atomic E-state index is 13.1. The van der Waals surface area contributed by atoms with Gasteiger partial charge in [-0.2, -0.15) is 17.5 Å². The Morgan fingerprint density at radius 1 is 1.09 bits per heavy atom. The van der Waals surface area contributed by atoms with Crippen molar-refractivity contribution in [1.29, 1.82) is 0 Å². The van der Waals surface area contributed by atoms with Crippen molar-refractivity contribution in [3.63, 3.8) is 0 Å². The van der Waals surface area contributed by atoms with Crippen molar-refractivity contribution in [2.45, 2.75) is 43.4 Å². The van der Waals surface area contributed by atoms with Crippen LogP contribution in [-0.4, -0.2) is 47.7 Å². The lowest BCUT2D eigenvalue weighted by molar-refractivity contribution is -0.140. The van der Waals surface area contributed by atoms with Crippen LogP contribution < -0.4 is 0 Å². The Hall–Kier alpha value is -2.04. The number of hydrogen-bond acceptors (Lipinski definition) is 3. The van der Waals surface area contributed by atoms with Crippen molar-refractivity contribution in [3.8, 4) is 0 Å². The minimum atomic E-state index is -4.76. The van der Waals surface area contributed by atoms with Crippen LogP contribution in [0, 0.1) is 5.92 Å². The average Bonchev–Trinajstić information content (AvgIpc) is 3.23. The van der Waals surface area contributed by atoms with E-state index in [4.69, 9.17) is 11.6 Å². The molecule has 1 aromatic heterocycles. The molecular weight excluding hydrogens is 467 g/mol. The molecule has 0 bridgehead atoms. The Morgan fingerprint density at radius 3 is 2.44 bits per heavy atom. The van der Waals surface area contributed by atoms with Crippen LogP contribution in [0.5, 0.6) is 0 Å². The van der Waals surface area contributed by atoms with Crippen molar-refractivity contribution in [2.75, 3.05) is 19.6 Å². The zero-order chi connectivity index (χ0) is 23.3. The Morgan fingerprint density at radius 2 is 1.78 bits per heavy atom. The SMILES string of the molecule is C[C@H]1c2cccn2CCN1C(=O)C1CCN(S(=O)(=O)c2ccc(Cl)c(C(F)(F)F)c2)CC1. The van der Waals surface area contributed by atoms with E-state index in [1.165, 1.54) is 0 Å². The molecule has 3 heterocycles. The largest absolute Gasteiger partial charge is 0.417 e. The fraction of sp³-hybridized carbons (Fsp3) is 0.476. The summed E-state index contributed by atoms with van der Waals surface area (Å²) in [6.45, 7) is 3.42. The van der Waals surface area contributed by atoms with Crippen LogP contribution in [0.1, 0.15) is 37.1 Å². The molecule has 0 saturated carbocycles. The van der Waals surface area contributed by atoms with Crippen molar-refractivity contribution in [1.82, 2.24) is 13.8 Å². The van der Waals surface area contributed by atoms with Gasteiger partial charge in [-0.1, -0.05) is 11.6 Å². The first-order chi connectivity index (χ1) is 15.0. The van der Waals surface area contributed by atoms with Crippen LogP contribution in [0.4, 0.5) is 13.2 Å². The number of nitrogens with zero attached hydrogens (tertiary/aromatic N) is 3. The first-order valence-corrected chi connectivity index (χ1v) is 12.1. The van der Waals surface area contributed by atoms with Gasteiger partial charge >= 0.3 is 6.18 Å². The van der Waals surface area contributed by atoms with Crippen molar-refractivity contribution >= 4 is 27.5 Å². The second-order valence-electron chi connectivity index (χ2n) is 8.15. The predicted molar refractivity (Wildman–Crippen MR) is 112 cm³/mol. The van der Waals surface area contributed by atoms with Crippen LogP contribution in [0.15, 0.2) is 41.4 Å². The zero-order valence-electron chi connectivity index (χ0n) is 17.3. The number of amides is 1. The van der Waals surface area contributed by atoms with E-state index in [9.17, 15) is 26.4 Å². The number of piperidine rings is 1. The van der Waals surface area contributed by atoms with Gasteiger partial charge < -0.3 is 9.47 Å². The van der Waals surface area contributed by atoms with Gasteiger partial charge in [-0.25, -0.2) is 8.42 Å².